The van der Waals surface area contributed by atoms with Crippen molar-refractivity contribution >= 4 is 39.8 Å². The Morgan fingerprint density at radius 3 is 2.74 bits per heavy atom. The van der Waals surface area contributed by atoms with Crippen molar-refractivity contribution < 1.29 is 4.79 Å². The van der Waals surface area contributed by atoms with Crippen LogP contribution in [0.5, 0.6) is 0 Å². The number of hydrogen-bond acceptors (Lipinski definition) is 5. The van der Waals surface area contributed by atoms with Gasteiger partial charge in [0.15, 0.2) is 4.34 Å². The van der Waals surface area contributed by atoms with Crippen molar-refractivity contribution in [3.05, 3.63) is 53.0 Å². The lowest BCUT2D eigenvalue weighted by atomic mass is 10.0. The maximum absolute atomic E-state index is 12.1. The van der Waals surface area contributed by atoms with E-state index in [1.807, 2.05) is 26.0 Å². The summed E-state index contributed by atoms with van der Waals surface area (Å²) in [5.41, 5.74) is 1.11. The predicted octanol–water partition coefficient (Wildman–Crippen LogP) is 3.97. The third-order valence-electron chi connectivity index (χ3n) is 3.49. The van der Waals surface area contributed by atoms with Gasteiger partial charge in [-0.25, -0.2) is 0 Å². The van der Waals surface area contributed by atoms with E-state index in [1.165, 1.54) is 33.9 Å². The number of rotatable bonds is 5. The summed E-state index contributed by atoms with van der Waals surface area (Å²) in [5, 5.41) is 14.3. The average Bonchev–Trinajstić information content (AvgIpc) is 2.98. The SMILES string of the molecule is Cc1nnc(SCC(=O)NC(C)c2ccc3ccccc3c2)s1. The molecule has 2 aromatic carbocycles. The Kier molecular flexibility index (Phi) is 4.93. The van der Waals surface area contributed by atoms with E-state index < -0.39 is 0 Å². The molecule has 23 heavy (non-hydrogen) atoms. The molecule has 6 heteroatoms. The highest BCUT2D eigenvalue weighted by Gasteiger charge is 2.11. The molecule has 0 aliphatic heterocycles. The monoisotopic (exact) mass is 343 g/mol. The summed E-state index contributed by atoms with van der Waals surface area (Å²) in [4.78, 5) is 12.1. The third kappa shape index (κ3) is 4.09. The molecule has 1 unspecified atom stereocenters. The van der Waals surface area contributed by atoms with Gasteiger partial charge in [0.05, 0.1) is 11.8 Å². The number of nitrogens with zero attached hydrogens (tertiary/aromatic N) is 2. The zero-order chi connectivity index (χ0) is 16.2. The largest absolute Gasteiger partial charge is 0.349 e. The Hall–Kier alpha value is -1.92. The first kappa shape index (κ1) is 16.0. The molecule has 0 saturated carbocycles. The molecular weight excluding hydrogens is 326 g/mol. The van der Waals surface area contributed by atoms with E-state index in [2.05, 4.69) is 45.8 Å². The van der Waals surface area contributed by atoms with Crippen LogP contribution >= 0.6 is 23.1 Å². The second kappa shape index (κ2) is 7.10. The van der Waals surface area contributed by atoms with Gasteiger partial charge < -0.3 is 5.32 Å². The standard InChI is InChI=1S/C17H17N3OS2/c1-11(14-8-7-13-5-3-4-6-15(13)9-14)18-16(21)10-22-17-20-19-12(2)23-17/h3-9,11H,10H2,1-2H3,(H,18,21). The van der Waals surface area contributed by atoms with Crippen molar-refractivity contribution in [1.29, 1.82) is 0 Å². The lowest BCUT2D eigenvalue weighted by Crippen LogP contribution is -2.28. The van der Waals surface area contributed by atoms with Gasteiger partial charge in [0.2, 0.25) is 5.91 Å². The van der Waals surface area contributed by atoms with E-state index in [-0.39, 0.29) is 11.9 Å². The lowest BCUT2D eigenvalue weighted by Gasteiger charge is -2.14. The minimum absolute atomic E-state index is 0.00325. The fraction of sp³-hybridized carbons (Fsp3) is 0.235. The van der Waals surface area contributed by atoms with Crippen LogP contribution in [0.15, 0.2) is 46.8 Å². The Morgan fingerprint density at radius 2 is 2.00 bits per heavy atom. The summed E-state index contributed by atoms with van der Waals surface area (Å²) in [6.45, 7) is 3.91. The molecule has 0 aliphatic rings. The zero-order valence-corrected chi connectivity index (χ0v) is 14.6. The fourth-order valence-electron chi connectivity index (χ4n) is 2.31. The molecule has 0 bridgehead atoms. The first-order valence-electron chi connectivity index (χ1n) is 7.33. The van der Waals surface area contributed by atoms with Gasteiger partial charge in [0.1, 0.15) is 5.01 Å². The number of benzene rings is 2. The molecule has 1 aromatic heterocycles. The van der Waals surface area contributed by atoms with Crippen LogP contribution < -0.4 is 5.32 Å². The molecule has 0 fully saturated rings. The summed E-state index contributed by atoms with van der Waals surface area (Å²) in [5.74, 6) is 0.357. The Balaban J connectivity index is 1.60. The Labute approximate surface area is 143 Å². The van der Waals surface area contributed by atoms with Crippen LogP contribution in [0.1, 0.15) is 23.5 Å². The van der Waals surface area contributed by atoms with Crippen molar-refractivity contribution in [2.75, 3.05) is 5.75 Å². The van der Waals surface area contributed by atoms with Crippen molar-refractivity contribution in [1.82, 2.24) is 15.5 Å². The van der Waals surface area contributed by atoms with E-state index in [1.54, 1.807) is 0 Å². The van der Waals surface area contributed by atoms with Crippen LogP contribution in [-0.4, -0.2) is 21.9 Å². The van der Waals surface area contributed by atoms with Gasteiger partial charge in [-0.3, -0.25) is 4.79 Å². The van der Waals surface area contributed by atoms with Crippen molar-refractivity contribution in [2.45, 2.75) is 24.2 Å². The maximum atomic E-state index is 12.1. The number of carbonyl (C=O) groups excluding carboxylic acids is 1. The molecule has 0 saturated heterocycles. The normalized spacial score (nSPS) is 12.3. The van der Waals surface area contributed by atoms with E-state index >= 15 is 0 Å². The first-order chi connectivity index (χ1) is 11.1. The number of fused-ring (bicyclic) bond motifs is 1. The van der Waals surface area contributed by atoms with E-state index in [4.69, 9.17) is 0 Å². The fourth-order valence-corrected chi connectivity index (χ4v) is 3.93. The van der Waals surface area contributed by atoms with Gasteiger partial charge >= 0.3 is 0 Å². The molecule has 1 atom stereocenters. The van der Waals surface area contributed by atoms with Gasteiger partial charge in [-0.2, -0.15) is 0 Å². The van der Waals surface area contributed by atoms with E-state index in [9.17, 15) is 4.79 Å². The van der Waals surface area contributed by atoms with Gasteiger partial charge in [0, 0.05) is 0 Å². The summed E-state index contributed by atoms with van der Waals surface area (Å²) < 4.78 is 0.830. The van der Waals surface area contributed by atoms with Gasteiger partial charge in [0.25, 0.3) is 0 Å². The quantitative estimate of drug-likeness (QED) is 0.712. The lowest BCUT2D eigenvalue weighted by molar-refractivity contribution is -0.119. The molecule has 3 aromatic rings. The van der Waals surface area contributed by atoms with Crippen molar-refractivity contribution in [3.63, 3.8) is 0 Å². The highest BCUT2D eigenvalue weighted by molar-refractivity contribution is 8.01. The molecule has 0 aliphatic carbocycles. The molecule has 0 spiro atoms. The summed E-state index contributed by atoms with van der Waals surface area (Å²) in [7, 11) is 0. The van der Waals surface area contributed by atoms with Crippen LogP contribution in [0.2, 0.25) is 0 Å². The molecule has 4 nitrogen and oxygen atoms in total. The first-order valence-corrected chi connectivity index (χ1v) is 9.13. The highest BCUT2D eigenvalue weighted by Crippen LogP contribution is 2.23. The molecule has 118 valence electrons. The number of aromatic nitrogens is 2. The minimum Gasteiger partial charge on any atom is -0.349 e. The molecule has 1 amide bonds. The Morgan fingerprint density at radius 1 is 1.22 bits per heavy atom. The molecule has 0 radical (unpaired) electrons. The topological polar surface area (TPSA) is 54.9 Å². The van der Waals surface area contributed by atoms with Crippen molar-refractivity contribution in [3.8, 4) is 0 Å². The van der Waals surface area contributed by atoms with Crippen LogP contribution in [0.4, 0.5) is 0 Å². The number of carbonyl (C=O) groups is 1. The predicted molar refractivity (Wildman–Crippen MR) is 95.9 cm³/mol. The second-order valence-electron chi connectivity index (χ2n) is 5.27. The summed E-state index contributed by atoms with van der Waals surface area (Å²) >= 11 is 2.93. The highest BCUT2D eigenvalue weighted by atomic mass is 32.2. The van der Waals surface area contributed by atoms with Crippen LogP contribution in [-0.2, 0) is 4.79 Å². The smallest absolute Gasteiger partial charge is 0.230 e. The maximum Gasteiger partial charge on any atom is 0.230 e. The molecular formula is C17H17N3OS2. The number of thioether (sulfide) groups is 1. The number of hydrogen-bond donors (Lipinski definition) is 1. The number of aryl methyl sites for hydroxylation is 1. The molecule has 1 N–H and O–H groups in total. The van der Waals surface area contributed by atoms with Crippen LogP contribution in [0.3, 0.4) is 0 Å². The van der Waals surface area contributed by atoms with Gasteiger partial charge in [-0.15, -0.1) is 10.2 Å². The van der Waals surface area contributed by atoms with Gasteiger partial charge in [-0.1, -0.05) is 59.5 Å². The average molecular weight is 343 g/mol. The zero-order valence-electron chi connectivity index (χ0n) is 12.9. The number of amides is 1. The van der Waals surface area contributed by atoms with Crippen molar-refractivity contribution in [2.24, 2.45) is 0 Å². The third-order valence-corrected chi connectivity index (χ3v) is 5.46. The van der Waals surface area contributed by atoms with Crippen LogP contribution in [0, 0.1) is 6.92 Å². The second-order valence-corrected chi connectivity index (χ2v) is 7.68. The van der Waals surface area contributed by atoms with Gasteiger partial charge in [-0.05, 0) is 36.2 Å². The molecule has 1 heterocycles. The Bertz CT molecular complexity index is 831. The summed E-state index contributed by atoms with van der Waals surface area (Å²) in [6.07, 6.45) is 0. The summed E-state index contributed by atoms with van der Waals surface area (Å²) in [6, 6.07) is 14.5. The van der Waals surface area contributed by atoms with E-state index in [0.29, 0.717) is 5.75 Å². The minimum atomic E-state index is -0.0242. The molecule has 3 rings (SSSR count). The van der Waals surface area contributed by atoms with Crippen LogP contribution in [0.25, 0.3) is 10.8 Å². The number of nitrogens with one attached hydrogen (secondary N) is 1. The van der Waals surface area contributed by atoms with E-state index in [0.717, 1.165) is 14.9 Å².